The molecule has 1 fully saturated rings. The predicted molar refractivity (Wildman–Crippen MR) is 272 cm³/mol. The number of methoxy groups -OCH3 is 1. The molecule has 13 heteroatoms. The molecule has 6 unspecified atom stereocenters. The molecular weight excluding hydrogens is 901 g/mol. The maximum Gasteiger partial charge on any atom is 0.410 e. The molecule has 0 saturated heterocycles. The fraction of sp³-hybridized carbons (Fsp3) is 0.397. The number of aliphatic hydroxyl groups excluding tert-OH is 2. The van der Waals surface area contributed by atoms with Gasteiger partial charge in [-0.1, -0.05) is 103 Å². The van der Waals surface area contributed by atoms with E-state index >= 15 is 4.79 Å². The maximum absolute atomic E-state index is 15.2. The minimum absolute atomic E-state index is 0.000503. The third-order valence-electron chi connectivity index (χ3n) is 13.9. The number of carbonyl (C=O) groups is 2. The third kappa shape index (κ3) is 11.5. The number of aldehydes is 1. The van der Waals surface area contributed by atoms with Crippen LogP contribution in [0.1, 0.15) is 84.8 Å². The Balaban J connectivity index is 1.29. The Hall–Kier alpha value is -6.51. The molecule has 13 nitrogen and oxygen atoms in total. The van der Waals surface area contributed by atoms with Crippen molar-refractivity contribution in [3.05, 3.63) is 156 Å². The Morgan fingerprint density at radius 2 is 1.66 bits per heavy atom. The van der Waals surface area contributed by atoms with E-state index in [0.29, 0.717) is 60.3 Å². The zero-order valence-corrected chi connectivity index (χ0v) is 40.8. The van der Waals surface area contributed by atoms with Gasteiger partial charge >= 0.3 is 6.09 Å². The standard InChI is InChI=1S/C58H66N2O11/c1-4-30-68-58-54(60(37-43-21-15-20-41-18-9-10-22-47(41)43)57(64)67-32-31-66-39-40-16-7-6-8-17-40)36-51(59-69-5-2)49-34-42(19-11-13-28-61)48(23-12-14-29-62)55(56(49)58)50-35-46(25-27-53(50)71-58)70-45-24-26-52(65-3)44(33-45)38-63/h4,6-10,15-18,20-22,24-27,33-35,38,42,48,54-56,61-62H,1,5,11-14,19,23,28-32,36-37,39H2,2-3H3. The first kappa shape index (κ1) is 50.9. The van der Waals surface area contributed by atoms with Crippen molar-refractivity contribution in [2.75, 3.05) is 46.8 Å². The number of hydrogen-bond donors (Lipinski definition) is 2. The quantitative estimate of drug-likeness (QED) is 0.0248. The van der Waals surface area contributed by atoms with Crippen LogP contribution in [0.15, 0.2) is 139 Å². The van der Waals surface area contributed by atoms with Crippen LogP contribution in [0.4, 0.5) is 4.79 Å². The van der Waals surface area contributed by atoms with Gasteiger partial charge in [0.2, 0.25) is 5.79 Å². The smallest absolute Gasteiger partial charge is 0.410 e. The number of unbranched alkanes of at least 4 members (excludes halogenated alkanes) is 2. The highest BCUT2D eigenvalue weighted by atomic mass is 16.7. The molecule has 6 atom stereocenters. The fourth-order valence-electron chi connectivity index (χ4n) is 10.8. The average Bonchev–Trinajstić information content (AvgIpc) is 3.40. The summed E-state index contributed by atoms with van der Waals surface area (Å²) in [4.78, 5) is 35.0. The van der Waals surface area contributed by atoms with Gasteiger partial charge in [-0.3, -0.25) is 9.69 Å². The second-order valence-corrected chi connectivity index (χ2v) is 18.2. The van der Waals surface area contributed by atoms with E-state index in [1.54, 1.807) is 29.2 Å². The number of benzene rings is 5. The molecule has 0 spiro atoms. The van der Waals surface area contributed by atoms with E-state index in [1.165, 1.54) is 7.11 Å². The van der Waals surface area contributed by atoms with E-state index in [-0.39, 0.29) is 63.8 Å². The number of allylic oxidation sites excluding steroid dienone is 1. The highest BCUT2D eigenvalue weighted by molar-refractivity contribution is 6.03. The minimum Gasteiger partial charge on any atom is -0.496 e. The van der Waals surface area contributed by atoms with Gasteiger partial charge in [-0.05, 0) is 108 Å². The molecule has 3 aliphatic rings. The second-order valence-electron chi connectivity index (χ2n) is 18.2. The molecule has 2 aliphatic carbocycles. The Bertz CT molecular complexity index is 2650. The van der Waals surface area contributed by atoms with Crippen molar-refractivity contribution in [2.45, 2.75) is 82.8 Å². The third-order valence-corrected chi connectivity index (χ3v) is 13.9. The summed E-state index contributed by atoms with van der Waals surface area (Å²) in [6.07, 6.45) is 8.74. The molecule has 5 aromatic rings. The first-order valence-electron chi connectivity index (χ1n) is 24.9. The molecular formula is C58H66N2O11. The highest BCUT2D eigenvalue weighted by Crippen LogP contribution is 2.62. The van der Waals surface area contributed by atoms with Gasteiger partial charge in [0, 0.05) is 31.1 Å². The normalized spacial score (nSPS) is 21.5. The molecule has 0 radical (unpaired) electrons. The SMILES string of the molecule is C=CCOC12Oc3ccc(Oc4ccc(OC)c(C=O)c4)cc3C3C(CCCCO)C(CCCCO)C=C(C(=NOCC)CC1N(Cc1cccc4ccccc14)C(=O)OCCOCc1ccccc1)C32. The average molecular weight is 967 g/mol. The lowest BCUT2D eigenvalue weighted by Crippen LogP contribution is -2.70. The van der Waals surface area contributed by atoms with Crippen molar-refractivity contribution in [3.63, 3.8) is 0 Å². The summed E-state index contributed by atoms with van der Waals surface area (Å²) in [5.74, 6) is -0.398. The van der Waals surface area contributed by atoms with Crippen molar-refractivity contribution in [2.24, 2.45) is 22.9 Å². The zero-order chi connectivity index (χ0) is 49.6. The number of oxime groups is 1. The summed E-state index contributed by atoms with van der Waals surface area (Å²) in [7, 11) is 1.52. The molecule has 0 aromatic heterocycles. The van der Waals surface area contributed by atoms with Gasteiger partial charge in [0.25, 0.3) is 0 Å². The van der Waals surface area contributed by atoms with E-state index in [1.807, 2.05) is 79.7 Å². The predicted octanol–water partition coefficient (Wildman–Crippen LogP) is 11.0. The molecule has 1 heterocycles. The van der Waals surface area contributed by atoms with Gasteiger partial charge in [-0.25, -0.2) is 4.79 Å². The van der Waals surface area contributed by atoms with Crippen LogP contribution < -0.4 is 14.2 Å². The topological polar surface area (TPSA) is 155 Å². The van der Waals surface area contributed by atoms with Crippen LogP contribution in [0.3, 0.4) is 0 Å². The van der Waals surface area contributed by atoms with Crippen molar-refractivity contribution in [3.8, 4) is 23.0 Å². The Morgan fingerprint density at radius 3 is 2.44 bits per heavy atom. The summed E-state index contributed by atoms with van der Waals surface area (Å²) >= 11 is 0. The lowest BCUT2D eigenvalue weighted by molar-refractivity contribution is -0.256. The van der Waals surface area contributed by atoms with Gasteiger partial charge in [0.05, 0.1) is 50.7 Å². The van der Waals surface area contributed by atoms with E-state index in [9.17, 15) is 15.0 Å². The number of aliphatic hydroxyl groups is 2. The summed E-state index contributed by atoms with van der Waals surface area (Å²) in [5, 5.41) is 27.0. The van der Waals surface area contributed by atoms with Gasteiger partial charge in [-0.15, -0.1) is 6.58 Å². The Kier molecular flexibility index (Phi) is 17.6. The molecule has 8 rings (SSSR count). The van der Waals surface area contributed by atoms with Crippen LogP contribution in [-0.4, -0.2) is 91.8 Å². The molecule has 1 amide bonds. The zero-order valence-electron chi connectivity index (χ0n) is 40.8. The number of fused-ring (bicyclic) bond motifs is 3. The summed E-state index contributed by atoms with van der Waals surface area (Å²) in [5.41, 5.74) is 4.74. The van der Waals surface area contributed by atoms with E-state index in [2.05, 4.69) is 30.9 Å². The molecule has 71 heavy (non-hydrogen) atoms. The monoisotopic (exact) mass is 966 g/mol. The molecule has 1 saturated carbocycles. The number of nitrogens with zero attached hydrogens (tertiary/aromatic N) is 2. The van der Waals surface area contributed by atoms with Crippen molar-refractivity contribution in [1.29, 1.82) is 0 Å². The lowest BCUT2D eigenvalue weighted by Gasteiger charge is -2.59. The van der Waals surface area contributed by atoms with Crippen molar-refractivity contribution in [1.82, 2.24) is 4.90 Å². The number of hydrogen-bond acceptors (Lipinski definition) is 12. The molecule has 2 N–H and O–H groups in total. The molecule has 374 valence electrons. The lowest BCUT2D eigenvalue weighted by atomic mass is 9.55. The first-order valence-corrected chi connectivity index (χ1v) is 24.9. The van der Waals surface area contributed by atoms with Crippen LogP contribution in [0, 0.1) is 17.8 Å². The minimum atomic E-state index is -1.53. The van der Waals surface area contributed by atoms with E-state index < -0.39 is 23.8 Å². The van der Waals surface area contributed by atoms with Crippen LogP contribution in [0.25, 0.3) is 10.8 Å². The summed E-state index contributed by atoms with van der Waals surface area (Å²) in [6.45, 7) is 7.21. The van der Waals surface area contributed by atoms with E-state index in [4.69, 9.17) is 38.4 Å². The highest BCUT2D eigenvalue weighted by Gasteiger charge is 2.65. The van der Waals surface area contributed by atoms with Gasteiger partial charge in [0.1, 0.15) is 42.3 Å². The molecule has 1 aliphatic heterocycles. The first-order chi connectivity index (χ1) is 34.9. The summed E-state index contributed by atoms with van der Waals surface area (Å²) in [6, 6.07) is 34.0. The van der Waals surface area contributed by atoms with Crippen LogP contribution >= 0.6 is 0 Å². The van der Waals surface area contributed by atoms with Crippen LogP contribution in [0.2, 0.25) is 0 Å². The van der Waals surface area contributed by atoms with Crippen LogP contribution in [0.5, 0.6) is 23.0 Å². The number of carbonyl (C=O) groups excluding carboxylic acids is 2. The number of amides is 1. The van der Waals surface area contributed by atoms with Gasteiger partial charge < -0.3 is 43.5 Å². The molecule has 5 aromatic carbocycles. The van der Waals surface area contributed by atoms with Crippen molar-refractivity contribution >= 4 is 28.9 Å². The number of ether oxygens (including phenoxy) is 6. The van der Waals surface area contributed by atoms with Gasteiger partial charge in [0.15, 0.2) is 6.29 Å². The summed E-state index contributed by atoms with van der Waals surface area (Å²) < 4.78 is 38.8. The van der Waals surface area contributed by atoms with E-state index in [0.717, 1.165) is 65.0 Å². The Labute approximate surface area is 416 Å². The van der Waals surface area contributed by atoms with Crippen molar-refractivity contribution < 1.29 is 53.1 Å². The molecule has 0 bridgehead atoms. The van der Waals surface area contributed by atoms with Gasteiger partial charge in [-0.2, -0.15) is 0 Å². The van der Waals surface area contributed by atoms with Crippen LogP contribution in [-0.2, 0) is 32.2 Å². The largest absolute Gasteiger partial charge is 0.496 e. The maximum atomic E-state index is 15.2. The number of rotatable bonds is 25. The second kappa shape index (κ2) is 24.6. The fourth-order valence-corrected chi connectivity index (χ4v) is 10.8. The Morgan fingerprint density at radius 1 is 0.901 bits per heavy atom.